The number of hydrogen-bond acceptors (Lipinski definition) is 10. The minimum Gasteiger partial charge on any atom is -0.755 e. The number of sulfonamides is 1. The summed E-state index contributed by atoms with van der Waals surface area (Å²) in [7, 11) is 0.0801. The quantitative estimate of drug-likeness (QED) is 0.578. The second-order valence-electron chi connectivity index (χ2n) is 5.29. The minimum absolute atomic E-state index is 0.0530. The van der Waals surface area contributed by atoms with E-state index in [1.54, 1.807) is 0 Å². The Bertz CT molecular complexity index is 1010. The summed E-state index contributed by atoms with van der Waals surface area (Å²) in [6.45, 7) is 0. The molecule has 29 heavy (non-hydrogen) atoms. The number of aromatic nitrogens is 3. The number of carbonyl (C=O) groups excluding carboxylic acids is 1. The number of urea groups is 1. The van der Waals surface area contributed by atoms with Gasteiger partial charge in [0.05, 0.1) is 43.5 Å². The molecule has 0 bridgehead atoms. The topological polar surface area (TPSA) is 167 Å². The van der Waals surface area contributed by atoms with E-state index in [4.69, 9.17) is 9.47 Å². The zero-order valence-corrected chi connectivity index (χ0v) is 17.4. The van der Waals surface area contributed by atoms with Gasteiger partial charge in [-0.3, -0.25) is 13.8 Å². The lowest BCUT2D eigenvalue weighted by Crippen LogP contribution is -2.39. The lowest BCUT2D eigenvalue weighted by molar-refractivity contribution is 0.259. The molecule has 0 saturated heterocycles. The summed E-state index contributed by atoms with van der Waals surface area (Å²) < 4.78 is 58.2. The molecule has 0 spiro atoms. The molecule has 2 amide bonds. The second-order valence-corrected chi connectivity index (χ2v) is 8.11. The molecule has 2 aromatic rings. The highest BCUT2D eigenvalue weighted by Gasteiger charge is 2.26. The van der Waals surface area contributed by atoms with Crippen LogP contribution in [0.5, 0.6) is 11.8 Å². The number of pyridine rings is 1. The third-order valence-electron chi connectivity index (χ3n) is 3.44. The highest BCUT2D eigenvalue weighted by Crippen LogP contribution is 2.29. The fourth-order valence-corrected chi connectivity index (χ4v) is 2.98. The van der Waals surface area contributed by atoms with E-state index < -0.39 is 33.1 Å². The van der Waals surface area contributed by atoms with Crippen molar-refractivity contribution in [2.24, 2.45) is 0 Å². The van der Waals surface area contributed by atoms with Gasteiger partial charge in [0, 0.05) is 13.2 Å². The summed E-state index contributed by atoms with van der Waals surface area (Å²) in [5.41, 5.74) is -0.140. The van der Waals surface area contributed by atoms with Crippen LogP contribution in [0.25, 0.3) is 0 Å². The first-order chi connectivity index (χ1) is 13.6. The van der Waals surface area contributed by atoms with Crippen molar-refractivity contribution in [1.29, 1.82) is 0 Å². The Labute approximate surface area is 169 Å². The van der Waals surface area contributed by atoms with Gasteiger partial charge in [0.2, 0.25) is 27.7 Å². The van der Waals surface area contributed by atoms with Crippen molar-refractivity contribution in [3.63, 3.8) is 0 Å². The van der Waals surface area contributed by atoms with Gasteiger partial charge in [0.1, 0.15) is 0 Å². The van der Waals surface area contributed by atoms with E-state index >= 15 is 0 Å². The molecule has 0 aliphatic heterocycles. The smallest absolute Gasteiger partial charge is 0.341 e. The maximum Gasteiger partial charge on any atom is 0.341 e. The number of anilines is 3. The molecule has 2 heterocycles. The van der Waals surface area contributed by atoms with Gasteiger partial charge < -0.3 is 14.0 Å². The monoisotopic (exact) mass is 445 g/mol. The molecule has 0 fully saturated rings. The normalized spacial score (nSPS) is 12.0. The predicted molar refractivity (Wildman–Crippen MR) is 103 cm³/mol. The number of hydrogen-bond donors (Lipinski definition) is 1. The van der Waals surface area contributed by atoms with Crippen LogP contribution in [0.3, 0.4) is 0 Å². The summed E-state index contributed by atoms with van der Waals surface area (Å²) in [6.07, 6.45) is 2.12. The number of nitrogens with one attached hydrogen (secondary N) is 1. The van der Waals surface area contributed by atoms with Gasteiger partial charge in [0.15, 0.2) is 5.82 Å². The number of methoxy groups -OCH3 is 2. The zero-order chi connectivity index (χ0) is 21.8. The van der Waals surface area contributed by atoms with Crippen molar-refractivity contribution in [2.75, 3.05) is 41.5 Å². The van der Waals surface area contributed by atoms with Crippen molar-refractivity contribution in [2.45, 2.75) is 0 Å². The molecule has 0 aliphatic carbocycles. The van der Waals surface area contributed by atoms with Gasteiger partial charge in [-0.1, -0.05) is 0 Å². The van der Waals surface area contributed by atoms with E-state index in [1.807, 2.05) is 0 Å². The van der Waals surface area contributed by atoms with Crippen LogP contribution in [0.4, 0.5) is 22.2 Å². The van der Waals surface area contributed by atoms with E-state index in [-0.39, 0.29) is 27.7 Å². The molecule has 0 radical (unpaired) electrons. The number of nitrogens with zero attached hydrogens (tertiary/aromatic N) is 5. The largest absolute Gasteiger partial charge is 0.755 e. The highest BCUT2D eigenvalue weighted by atomic mass is 32.2. The van der Waals surface area contributed by atoms with Crippen molar-refractivity contribution >= 4 is 44.8 Å². The molecular formula is C14H17N6O7S2-. The lowest BCUT2D eigenvalue weighted by Gasteiger charge is -2.27. The molecule has 2 aromatic heterocycles. The van der Waals surface area contributed by atoms with Gasteiger partial charge in [-0.05, 0) is 12.1 Å². The first kappa shape index (κ1) is 22.3. The van der Waals surface area contributed by atoms with E-state index in [0.29, 0.717) is 0 Å². The van der Waals surface area contributed by atoms with Gasteiger partial charge in [0.25, 0.3) is 0 Å². The number of amides is 2. The van der Waals surface area contributed by atoms with Crippen LogP contribution in [0.1, 0.15) is 0 Å². The van der Waals surface area contributed by atoms with Crippen LogP contribution in [-0.4, -0.2) is 65.7 Å². The fourth-order valence-electron chi connectivity index (χ4n) is 2.02. The summed E-state index contributed by atoms with van der Waals surface area (Å²) in [6, 6.07) is 2.81. The van der Waals surface area contributed by atoms with Gasteiger partial charge >= 0.3 is 6.03 Å². The molecule has 158 valence electrons. The Kier molecular flexibility index (Phi) is 6.89. The maximum absolute atomic E-state index is 12.6. The highest BCUT2D eigenvalue weighted by molar-refractivity contribution is 7.92. The molecule has 1 N–H and O–H groups in total. The van der Waals surface area contributed by atoms with Gasteiger partial charge in [-0.2, -0.15) is 9.97 Å². The third kappa shape index (κ3) is 5.27. The van der Waals surface area contributed by atoms with E-state index in [1.165, 1.54) is 45.7 Å². The summed E-state index contributed by atoms with van der Waals surface area (Å²) in [5, 5.41) is 2.18. The molecule has 13 nitrogen and oxygen atoms in total. The van der Waals surface area contributed by atoms with Crippen LogP contribution >= 0.6 is 0 Å². The first-order valence-corrected chi connectivity index (χ1v) is 10.5. The minimum atomic E-state index is -3.76. The van der Waals surface area contributed by atoms with E-state index in [9.17, 15) is 22.0 Å². The molecule has 0 aliphatic rings. The average Bonchev–Trinajstić information content (AvgIpc) is 2.66. The number of carbonyl (C=O) groups is 1. The number of rotatable bonds is 7. The van der Waals surface area contributed by atoms with E-state index in [2.05, 4.69) is 20.3 Å². The fraction of sp³-hybridized carbons (Fsp3) is 0.286. The molecule has 2 rings (SSSR count). The molecule has 0 aromatic carbocycles. The lowest BCUT2D eigenvalue weighted by atomic mass is 10.4. The molecular weight excluding hydrogens is 428 g/mol. The third-order valence-corrected chi connectivity index (χ3v) is 5.27. The molecule has 0 saturated carbocycles. The van der Waals surface area contributed by atoms with Crippen LogP contribution in [0.15, 0.2) is 24.4 Å². The number of ether oxygens (including phenoxy) is 2. The summed E-state index contributed by atoms with van der Waals surface area (Å²) in [4.78, 5) is 24.2. The van der Waals surface area contributed by atoms with Crippen LogP contribution in [0, 0.1) is 0 Å². The van der Waals surface area contributed by atoms with Crippen molar-refractivity contribution in [1.82, 2.24) is 15.0 Å². The molecule has 1 atom stereocenters. The Morgan fingerprint density at radius 1 is 1.24 bits per heavy atom. The summed E-state index contributed by atoms with van der Waals surface area (Å²) in [5.74, 6) is -0.647. The van der Waals surface area contributed by atoms with Crippen LogP contribution in [0.2, 0.25) is 0 Å². The molecule has 1 unspecified atom stereocenters. The Morgan fingerprint density at radius 3 is 2.31 bits per heavy atom. The average molecular weight is 445 g/mol. The maximum atomic E-state index is 12.6. The zero-order valence-electron chi connectivity index (χ0n) is 15.7. The summed E-state index contributed by atoms with van der Waals surface area (Å²) >= 11 is -3.16. The standard InChI is InChI=1S/C14H18N6O7S2/c1-19(29(4,24)25)9-6-5-7-15-12(9)20(28(22)23)14(21)18-13-16-10(26-2)8-11(17-13)27-3/h5-8H,1-4H3,(H,22,23)(H,16,17,18,21)/p-1. The van der Waals surface area contributed by atoms with E-state index in [0.717, 1.165) is 10.6 Å². The first-order valence-electron chi connectivity index (χ1n) is 7.65. The van der Waals surface area contributed by atoms with Crippen molar-refractivity contribution < 1.29 is 31.4 Å². The molecule has 15 heteroatoms. The Morgan fingerprint density at radius 2 is 1.83 bits per heavy atom. The van der Waals surface area contributed by atoms with Crippen molar-refractivity contribution in [3.05, 3.63) is 24.4 Å². The Balaban J connectivity index is 2.46. The second kappa shape index (κ2) is 8.97. The Hall–Kier alpha value is -3.04. The predicted octanol–water partition coefficient (Wildman–Crippen LogP) is 0.117. The van der Waals surface area contributed by atoms with Gasteiger partial charge in [-0.15, -0.1) is 0 Å². The SMILES string of the molecule is COc1cc(OC)nc(NC(=O)N(c2ncccc2N(C)S(C)(=O)=O)S(=O)[O-])n1. The van der Waals surface area contributed by atoms with Crippen LogP contribution in [-0.2, 0) is 21.3 Å². The van der Waals surface area contributed by atoms with Gasteiger partial charge in [-0.25, -0.2) is 22.5 Å². The van der Waals surface area contributed by atoms with Crippen molar-refractivity contribution in [3.8, 4) is 11.8 Å². The van der Waals surface area contributed by atoms with Crippen LogP contribution < -0.4 is 23.4 Å².